The summed E-state index contributed by atoms with van der Waals surface area (Å²) in [7, 11) is 3.19. The Bertz CT molecular complexity index is 1600. The minimum Gasteiger partial charge on any atom is -0.497 e. The minimum atomic E-state index is -1.17. The summed E-state index contributed by atoms with van der Waals surface area (Å²) in [5, 5.41) is 0. The van der Waals surface area contributed by atoms with Crippen molar-refractivity contribution < 1.29 is 28.5 Å². The number of hydrogen-bond acceptors (Lipinski definition) is 9. The lowest BCUT2D eigenvalue weighted by Crippen LogP contribution is -2.45. The number of nitrogens with two attached hydrogens (primary N) is 1. The second-order valence-corrected chi connectivity index (χ2v) is 10.0. The first-order valence-electron chi connectivity index (χ1n) is 13.6. The van der Waals surface area contributed by atoms with E-state index in [4.69, 9.17) is 29.4 Å². The van der Waals surface area contributed by atoms with Crippen LogP contribution in [0.15, 0.2) is 101 Å². The van der Waals surface area contributed by atoms with Crippen LogP contribution in [-0.4, -0.2) is 54.6 Å². The topological polar surface area (TPSA) is 144 Å². The fraction of sp³-hybridized carbons (Fsp3) is 0.281. The first kappa shape index (κ1) is 29.8. The Morgan fingerprint density at radius 2 is 1.44 bits per heavy atom. The van der Waals surface area contributed by atoms with Gasteiger partial charge in [-0.1, -0.05) is 54.6 Å². The highest BCUT2D eigenvalue weighted by atomic mass is 16.6. The third-order valence-electron chi connectivity index (χ3n) is 7.45. The molecule has 4 aromatic rings. The predicted octanol–water partition coefficient (Wildman–Crippen LogP) is 2.72. The Labute approximate surface area is 247 Å². The SMILES string of the molecule is COc1ccc(C(OC[C@H]2O[C@@H](n3ccc(=O)[nH]c3=O)[C@H](N)[C@@H]2OC(C)=O)(c2ccccc2)c2ccc(OC)cc2)cc1. The molecule has 11 nitrogen and oxygen atoms in total. The first-order chi connectivity index (χ1) is 20.8. The maximum Gasteiger partial charge on any atom is 0.330 e. The number of nitrogens with one attached hydrogen (secondary N) is 1. The average molecular weight is 588 g/mol. The monoisotopic (exact) mass is 587 g/mol. The van der Waals surface area contributed by atoms with Crippen LogP contribution in [0, 0.1) is 0 Å². The molecule has 0 unspecified atom stereocenters. The number of carbonyl (C=O) groups excluding carboxylic acids is 1. The number of aromatic nitrogens is 2. The molecule has 5 rings (SSSR count). The predicted molar refractivity (Wildman–Crippen MR) is 157 cm³/mol. The second-order valence-electron chi connectivity index (χ2n) is 10.0. The standard InChI is InChI=1S/C32H33N3O8/c1-20(36)42-29-26(43-30(28(29)33)35-18-17-27(37)34-31(35)38)19-41-32(21-7-5-4-6-8-21,22-9-13-24(39-2)14-10-22)23-11-15-25(40-3)16-12-23/h4-18,26,28-30H,19,33H2,1-3H3,(H,34,37,38)/t26-,28-,29-,30-/m1/s1. The molecule has 3 aromatic carbocycles. The quantitative estimate of drug-likeness (QED) is 0.211. The van der Waals surface area contributed by atoms with Crippen molar-refractivity contribution in [2.45, 2.75) is 37.0 Å². The lowest BCUT2D eigenvalue weighted by Gasteiger charge is -2.37. The molecule has 1 aliphatic heterocycles. The molecule has 0 amide bonds. The summed E-state index contributed by atoms with van der Waals surface area (Å²) >= 11 is 0. The van der Waals surface area contributed by atoms with Crippen LogP contribution in [0.4, 0.5) is 0 Å². The van der Waals surface area contributed by atoms with E-state index in [0.717, 1.165) is 16.7 Å². The van der Waals surface area contributed by atoms with Crippen LogP contribution in [0.5, 0.6) is 11.5 Å². The van der Waals surface area contributed by atoms with Crippen molar-refractivity contribution >= 4 is 5.97 Å². The van der Waals surface area contributed by atoms with E-state index in [-0.39, 0.29) is 6.61 Å². The van der Waals surface area contributed by atoms with Crippen LogP contribution < -0.4 is 26.5 Å². The van der Waals surface area contributed by atoms with Gasteiger partial charge in [-0.3, -0.25) is 19.1 Å². The number of carbonyl (C=O) groups is 1. The summed E-state index contributed by atoms with van der Waals surface area (Å²) in [5.74, 6) is 0.785. The lowest BCUT2D eigenvalue weighted by atomic mass is 9.80. The van der Waals surface area contributed by atoms with Crippen LogP contribution in [0.25, 0.3) is 0 Å². The molecular weight excluding hydrogens is 554 g/mol. The van der Waals surface area contributed by atoms with Gasteiger partial charge in [0, 0.05) is 19.2 Å². The second kappa shape index (κ2) is 12.7. The average Bonchev–Trinajstić information content (AvgIpc) is 3.32. The van der Waals surface area contributed by atoms with E-state index in [1.807, 2.05) is 78.9 Å². The fourth-order valence-corrected chi connectivity index (χ4v) is 5.40. The lowest BCUT2D eigenvalue weighted by molar-refractivity contribution is -0.153. The Balaban J connectivity index is 1.60. The molecule has 0 bridgehead atoms. The summed E-state index contributed by atoms with van der Waals surface area (Å²) in [4.78, 5) is 38.6. The van der Waals surface area contributed by atoms with Crippen molar-refractivity contribution in [1.82, 2.24) is 9.55 Å². The molecule has 43 heavy (non-hydrogen) atoms. The van der Waals surface area contributed by atoms with Gasteiger partial charge in [0.1, 0.15) is 29.3 Å². The number of nitrogens with zero attached hydrogens (tertiary/aromatic N) is 1. The molecule has 1 saturated heterocycles. The Kier molecular flexibility index (Phi) is 8.76. The Morgan fingerprint density at radius 1 is 0.884 bits per heavy atom. The smallest absolute Gasteiger partial charge is 0.330 e. The van der Waals surface area contributed by atoms with Gasteiger partial charge in [0.05, 0.1) is 26.9 Å². The molecule has 4 atom stereocenters. The number of rotatable bonds is 10. The van der Waals surface area contributed by atoms with E-state index in [0.29, 0.717) is 11.5 Å². The van der Waals surface area contributed by atoms with Crippen molar-refractivity contribution in [3.8, 4) is 11.5 Å². The third-order valence-corrected chi connectivity index (χ3v) is 7.45. The molecule has 11 heteroatoms. The maximum atomic E-state index is 12.6. The molecule has 1 fully saturated rings. The minimum absolute atomic E-state index is 0.0901. The summed E-state index contributed by atoms with van der Waals surface area (Å²) in [5.41, 5.74) is 6.49. The normalized spacial score (nSPS) is 20.0. The molecule has 224 valence electrons. The molecule has 0 saturated carbocycles. The fourth-order valence-electron chi connectivity index (χ4n) is 5.40. The van der Waals surface area contributed by atoms with Crippen molar-refractivity contribution in [3.05, 3.63) is 129 Å². The van der Waals surface area contributed by atoms with Crippen LogP contribution >= 0.6 is 0 Å². The van der Waals surface area contributed by atoms with Gasteiger partial charge in [0.2, 0.25) is 0 Å². The molecule has 0 spiro atoms. The molecule has 0 aliphatic carbocycles. The van der Waals surface area contributed by atoms with Crippen molar-refractivity contribution in [1.29, 1.82) is 0 Å². The zero-order valence-corrected chi connectivity index (χ0v) is 24.0. The van der Waals surface area contributed by atoms with Crippen molar-refractivity contribution in [3.63, 3.8) is 0 Å². The number of methoxy groups -OCH3 is 2. The summed E-state index contributed by atoms with van der Waals surface area (Å²) in [6.45, 7) is 1.18. The van der Waals surface area contributed by atoms with Gasteiger partial charge in [-0.2, -0.15) is 0 Å². The van der Waals surface area contributed by atoms with Gasteiger partial charge < -0.3 is 29.4 Å². The van der Waals surface area contributed by atoms with E-state index < -0.39 is 47.3 Å². The van der Waals surface area contributed by atoms with Gasteiger partial charge in [0.15, 0.2) is 6.23 Å². The molecule has 0 radical (unpaired) electrons. The van der Waals surface area contributed by atoms with Crippen molar-refractivity contribution in [2.24, 2.45) is 5.73 Å². The largest absolute Gasteiger partial charge is 0.497 e. The van der Waals surface area contributed by atoms with Gasteiger partial charge in [-0.05, 0) is 41.0 Å². The molecule has 2 heterocycles. The maximum absolute atomic E-state index is 12.6. The number of esters is 1. The van der Waals surface area contributed by atoms with Crippen LogP contribution in [-0.2, 0) is 24.6 Å². The number of hydrogen-bond donors (Lipinski definition) is 2. The Morgan fingerprint density at radius 3 is 1.95 bits per heavy atom. The zero-order valence-electron chi connectivity index (χ0n) is 24.0. The van der Waals surface area contributed by atoms with Crippen molar-refractivity contribution in [2.75, 3.05) is 20.8 Å². The highest BCUT2D eigenvalue weighted by Gasteiger charge is 2.48. The van der Waals surface area contributed by atoms with E-state index >= 15 is 0 Å². The van der Waals surface area contributed by atoms with Crippen LogP contribution in [0.1, 0.15) is 29.8 Å². The van der Waals surface area contributed by atoms with E-state index in [1.54, 1.807) is 14.2 Å². The highest BCUT2D eigenvalue weighted by molar-refractivity contribution is 5.66. The van der Waals surface area contributed by atoms with E-state index in [1.165, 1.54) is 23.8 Å². The number of ether oxygens (including phenoxy) is 5. The first-order valence-corrected chi connectivity index (χ1v) is 13.6. The van der Waals surface area contributed by atoms with Gasteiger partial charge >= 0.3 is 11.7 Å². The van der Waals surface area contributed by atoms with Crippen LogP contribution in [0.2, 0.25) is 0 Å². The van der Waals surface area contributed by atoms with Crippen LogP contribution in [0.3, 0.4) is 0 Å². The molecule has 1 aromatic heterocycles. The summed E-state index contributed by atoms with van der Waals surface area (Å²) < 4.78 is 30.7. The molecular formula is C32H33N3O8. The van der Waals surface area contributed by atoms with Gasteiger partial charge in [0.25, 0.3) is 5.56 Å². The Hall–Kier alpha value is -4.71. The zero-order chi connectivity index (χ0) is 30.6. The molecule has 1 aliphatic rings. The van der Waals surface area contributed by atoms with Gasteiger partial charge in [-0.25, -0.2) is 4.79 Å². The summed E-state index contributed by atoms with van der Waals surface area (Å²) in [6.07, 6.45) is -1.57. The number of aromatic amines is 1. The number of H-pyrrole nitrogens is 1. The molecule has 3 N–H and O–H groups in total. The summed E-state index contributed by atoms with van der Waals surface area (Å²) in [6, 6.07) is 25.0. The third kappa shape index (κ3) is 5.96. The van der Waals surface area contributed by atoms with E-state index in [9.17, 15) is 14.4 Å². The number of benzene rings is 3. The van der Waals surface area contributed by atoms with E-state index in [2.05, 4.69) is 4.98 Å². The highest BCUT2D eigenvalue weighted by Crippen LogP contribution is 2.42. The van der Waals surface area contributed by atoms with Gasteiger partial charge in [-0.15, -0.1) is 0 Å².